The maximum Gasteiger partial charge on any atom is 0.235 e. The summed E-state index contributed by atoms with van der Waals surface area (Å²) in [5, 5.41) is 42.7. The van der Waals surface area contributed by atoms with Gasteiger partial charge in [-0.05, 0) is 54.8 Å². The number of aromatic hydroxyl groups is 2. The molecule has 0 spiro atoms. The van der Waals surface area contributed by atoms with E-state index in [0.717, 1.165) is 16.6 Å². The molecule has 0 radical (unpaired) electrons. The van der Waals surface area contributed by atoms with Crippen molar-refractivity contribution in [2.45, 2.75) is 57.1 Å². The van der Waals surface area contributed by atoms with E-state index in [-0.39, 0.29) is 36.0 Å². The van der Waals surface area contributed by atoms with Gasteiger partial charge in [-0.25, -0.2) is 0 Å². The van der Waals surface area contributed by atoms with Gasteiger partial charge in [-0.3, -0.25) is 4.79 Å². The topological polar surface area (TPSA) is 115 Å². The van der Waals surface area contributed by atoms with Crippen molar-refractivity contribution in [3.63, 3.8) is 0 Å². The molecule has 1 aliphatic rings. The number of aliphatic hydroxyl groups excluding tert-OH is 2. The van der Waals surface area contributed by atoms with Crippen LogP contribution in [0.4, 0.5) is 5.69 Å². The molecule has 7 nitrogen and oxygen atoms in total. The van der Waals surface area contributed by atoms with Gasteiger partial charge in [0.2, 0.25) is 5.91 Å². The van der Waals surface area contributed by atoms with Crippen LogP contribution >= 0.6 is 0 Å². The lowest BCUT2D eigenvalue weighted by Crippen LogP contribution is -2.27. The molecule has 1 saturated carbocycles. The molecule has 0 aliphatic heterocycles. The Morgan fingerprint density at radius 1 is 1.09 bits per heavy atom. The van der Waals surface area contributed by atoms with Crippen LogP contribution < -0.4 is 5.32 Å². The summed E-state index contributed by atoms with van der Waals surface area (Å²) in [6.07, 6.45) is 0.492. The highest BCUT2D eigenvalue weighted by Gasteiger charge is 2.51. The molecule has 7 heteroatoms. The Morgan fingerprint density at radius 3 is 2.41 bits per heavy atom. The molecule has 1 amide bonds. The van der Waals surface area contributed by atoms with Crippen molar-refractivity contribution in [2.24, 2.45) is 0 Å². The SMILES string of the molecule is CC(C)(C)c1cc2cc(NC(=O)C3(c4ccc(O)c(O)c4)CC3)ccc2n1C[C@@H](O)CO. The summed E-state index contributed by atoms with van der Waals surface area (Å²) in [4.78, 5) is 13.1. The number of phenols is 2. The van der Waals surface area contributed by atoms with Gasteiger partial charge in [0, 0.05) is 27.7 Å². The van der Waals surface area contributed by atoms with Crippen LogP contribution in [-0.4, -0.2) is 43.6 Å². The molecule has 1 aliphatic carbocycles. The largest absolute Gasteiger partial charge is 0.504 e. The standard InChI is InChI=1S/C25H30N2O5/c1-24(2,3)22-11-15-10-17(5-6-19(15)27(22)13-18(29)14-28)26-23(32)25(8-9-25)16-4-7-20(30)21(31)12-16/h4-7,10-12,18,28-31H,8-9,13-14H2,1-3H3,(H,26,32)/t18-/m1/s1. The molecule has 32 heavy (non-hydrogen) atoms. The van der Waals surface area contributed by atoms with Crippen molar-refractivity contribution in [3.8, 4) is 11.5 Å². The zero-order valence-corrected chi connectivity index (χ0v) is 18.6. The minimum absolute atomic E-state index is 0.145. The number of nitrogens with zero attached hydrogens (tertiary/aromatic N) is 1. The quantitative estimate of drug-likeness (QED) is 0.379. The average molecular weight is 439 g/mol. The van der Waals surface area contributed by atoms with Gasteiger partial charge in [-0.1, -0.05) is 26.8 Å². The first-order chi connectivity index (χ1) is 15.0. The van der Waals surface area contributed by atoms with E-state index in [2.05, 4.69) is 32.2 Å². The Kier molecular flexibility index (Phi) is 5.43. The Balaban J connectivity index is 1.64. The fraction of sp³-hybridized carbons (Fsp3) is 0.400. The van der Waals surface area contributed by atoms with E-state index in [1.54, 1.807) is 6.07 Å². The summed E-state index contributed by atoms with van der Waals surface area (Å²) < 4.78 is 2.02. The third-order valence-electron chi connectivity index (χ3n) is 6.24. The number of amides is 1. The number of hydrogen-bond donors (Lipinski definition) is 5. The van der Waals surface area contributed by atoms with Gasteiger partial charge in [0.1, 0.15) is 0 Å². The zero-order chi connectivity index (χ0) is 23.3. The number of hydrogen-bond acceptors (Lipinski definition) is 5. The number of carbonyl (C=O) groups is 1. The Labute approximate surface area is 186 Å². The van der Waals surface area contributed by atoms with E-state index < -0.39 is 11.5 Å². The number of carbonyl (C=O) groups excluding carboxylic acids is 1. The van der Waals surface area contributed by atoms with E-state index in [1.165, 1.54) is 12.1 Å². The van der Waals surface area contributed by atoms with Gasteiger partial charge in [0.25, 0.3) is 0 Å². The number of aromatic nitrogens is 1. The van der Waals surface area contributed by atoms with E-state index in [9.17, 15) is 25.2 Å². The van der Waals surface area contributed by atoms with Gasteiger partial charge >= 0.3 is 0 Å². The zero-order valence-electron chi connectivity index (χ0n) is 18.6. The number of nitrogens with one attached hydrogen (secondary N) is 1. The highest BCUT2D eigenvalue weighted by Crippen LogP contribution is 2.50. The van der Waals surface area contributed by atoms with Crippen LogP contribution in [0.25, 0.3) is 10.9 Å². The minimum atomic E-state index is -0.859. The van der Waals surface area contributed by atoms with Crippen LogP contribution in [0.3, 0.4) is 0 Å². The predicted molar refractivity (Wildman–Crippen MR) is 123 cm³/mol. The average Bonchev–Trinajstić information content (AvgIpc) is 3.47. The van der Waals surface area contributed by atoms with Crippen molar-refractivity contribution < 1.29 is 25.2 Å². The maximum atomic E-state index is 13.1. The van der Waals surface area contributed by atoms with Crippen molar-refractivity contribution in [2.75, 3.05) is 11.9 Å². The minimum Gasteiger partial charge on any atom is -0.504 e. The molecule has 5 N–H and O–H groups in total. The van der Waals surface area contributed by atoms with E-state index in [0.29, 0.717) is 24.1 Å². The molecule has 1 fully saturated rings. The molecule has 3 aromatic rings. The molecule has 1 heterocycles. The van der Waals surface area contributed by atoms with E-state index in [1.807, 2.05) is 22.8 Å². The summed E-state index contributed by atoms with van der Waals surface area (Å²) in [5.41, 5.74) is 2.43. The summed E-state index contributed by atoms with van der Waals surface area (Å²) in [7, 11) is 0. The van der Waals surface area contributed by atoms with Gasteiger partial charge in [-0.2, -0.15) is 0 Å². The monoisotopic (exact) mass is 438 g/mol. The molecule has 4 rings (SSSR count). The lowest BCUT2D eigenvalue weighted by atomic mass is 9.92. The highest BCUT2D eigenvalue weighted by atomic mass is 16.3. The molecule has 1 atom stereocenters. The highest BCUT2D eigenvalue weighted by molar-refractivity contribution is 6.02. The second-order valence-corrected chi connectivity index (χ2v) is 9.74. The van der Waals surface area contributed by atoms with Crippen molar-refractivity contribution in [1.29, 1.82) is 0 Å². The number of rotatable bonds is 6. The van der Waals surface area contributed by atoms with Crippen LogP contribution in [0.2, 0.25) is 0 Å². The molecule has 2 aromatic carbocycles. The number of fused-ring (bicyclic) bond motifs is 1. The number of anilines is 1. The molecular weight excluding hydrogens is 408 g/mol. The Hall–Kier alpha value is -3.03. The number of benzene rings is 2. The summed E-state index contributed by atoms with van der Waals surface area (Å²) in [6, 6.07) is 12.2. The number of aliphatic hydroxyl groups is 2. The summed E-state index contributed by atoms with van der Waals surface area (Å²) >= 11 is 0. The molecule has 0 saturated heterocycles. The van der Waals surface area contributed by atoms with Gasteiger partial charge in [-0.15, -0.1) is 0 Å². The van der Waals surface area contributed by atoms with Crippen molar-refractivity contribution in [3.05, 3.63) is 53.7 Å². The van der Waals surface area contributed by atoms with E-state index >= 15 is 0 Å². The first kappa shape index (κ1) is 22.2. The predicted octanol–water partition coefficient (Wildman–Crippen LogP) is 3.37. The molecule has 0 bridgehead atoms. The van der Waals surface area contributed by atoms with Crippen LogP contribution in [0, 0.1) is 0 Å². The second kappa shape index (κ2) is 7.83. The summed E-state index contributed by atoms with van der Waals surface area (Å²) in [6.45, 7) is 6.25. The number of phenolic OH excluding ortho intramolecular Hbond substituents is 2. The summed E-state index contributed by atoms with van der Waals surface area (Å²) in [5.74, 6) is -0.585. The third-order valence-corrected chi connectivity index (χ3v) is 6.24. The Bertz CT molecular complexity index is 1170. The lowest BCUT2D eigenvalue weighted by molar-refractivity contribution is -0.118. The first-order valence-corrected chi connectivity index (χ1v) is 10.8. The van der Waals surface area contributed by atoms with Crippen LogP contribution in [0.5, 0.6) is 11.5 Å². The maximum absolute atomic E-state index is 13.1. The van der Waals surface area contributed by atoms with Crippen LogP contribution in [0.15, 0.2) is 42.5 Å². The van der Waals surface area contributed by atoms with Gasteiger partial charge in [0.15, 0.2) is 11.5 Å². The lowest BCUT2D eigenvalue weighted by Gasteiger charge is -2.23. The van der Waals surface area contributed by atoms with E-state index in [4.69, 9.17) is 0 Å². The van der Waals surface area contributed by atoms with Gasteiger partial charge in [0.05, 0.1) is 24.7 Å². The molecule has 0 unspecified atom stereocenters. The molecular formula is C25H30N2O5. The Morgan fingerprint density at radius 2 is 1.81 bits per heavy atom. The second-order valence-electron chi connectivity index (χ2n) is 9.74. The van der Waals surface area contributed by atoms with Gasteiger partial charge < -0.3 is 30.3 Å². The fourth-order valence-electron chi connectivity index (χ4n) is 4.28. The van der Waals surface area contributed by atoms with Crippen molar-refractivity contribution in [1.82, 2.24) is 4.57 Å². The smallest absolute Gasteiger partial charge is 0.235 e. The van der Waals surface area contributed by atoms with Crippen LogP contribution in [0.1, 0.15) is 44.9 Å². The molecule has 1 aromatic heterocycles. The molecule has 170 valence electrons. The van der Waals surface area contributed by atoms with Crippen molar-refractivity contribution >= 4 is 22.5 Å². The third kappa shape index (κ3) is 3.94. The first-order valence-electron chi connectivity index (χ1n) is 10.8. The van der Waals surface area contributed by atoms with Crippen LogP contribution in [-0.2, 0) is 22.2 Å². The fourth-order valence-corrected chi connectivity index (χ4v) is 4.28. The normalized spacial score (nSPS) is 16.2.